The second-order valence-corrected chi connectivity index (χ2v) is 2.79. The van der Waals surface area contributed by atoms with Crippen molar-refractivity contribution in [1.29, 1.82) is 0 Å². The van der Waals surface area contributed by atoms with Gasteiger partial charge in [-0.3, -0.25) is 0 Å². The van der Waals surface area contributed by atoms with E-state index in [1.165, 1.54) is 0 Å². The average molecular weight is 189 g/mol. The summed E-state index contributed by atoms with van der Waals surface area (Å²) in [5.41, 5.74) is 1.02. The van der Waals surface area contributed by atoms with Crippen LogP contribution in [-0.2, 0) is 4.74 Å². The highest BCUT2D eigenvalue weighted by Gasteiger charge is 2.05. The zero-order valence-electron chi connectivity index (χ0n) is 7.99. The van der Waals surface area contributed by atoms with Crippen LogP contribution < -0.4 is 0 Å². The lowest BCUT2D eigenvalue weighted by Gasteiger charge is -2.02. The standard InChI is InChI=1S/C11H11NO2/c1-3-8-14-11(13)9-4-6-10(12-2)7-5-9/h4-7H,3,8H2,1H3. The topological polar surface area (TPSA) is 30.7 Å². The zero-order chi connectivity index (χ0) is 10.4. The van der Waals surface area contributed by atoms with Gasteiger partial charge in [0.25, 0.3) is 0 Å². The summed E-state index contributed by atoms with van der Waals surface area (Å²) in [5, 5.41) is 0. The van der Waals surface area contributed by atoms with Gasteiger partial charge < -0.3 is 4.74 Å². The van der Waals surface area contributed by atoms with Crippen LogP contribution in [0.25, 0.3) is 4.85 Å². The highest BCUT2D eigenvalue weighted by molar-refractivity contribution is 5.89. The van der Waals surface area contributed by atoms with Crippen molar-refractivity contribution < 1.29 is 9.53 Å². The first-order valence-electron chi connectivity index (χ1n) is 4.42. The van der Waals surface area contributed by atoms with Crippen LogP contribution >= 0.6 is 0 Å². The Kier molecular flexibility index (Phi) is 3.69. The van der Waals surface area contributed by atoms with Gasteiger partial charge in [0.15, 0.2) is 5.69 Å². The van der Waals surface area contributed by atoms with Gasteiger partial charge in [0.05, 0.1) is 18.7 Å². The largest absolute Gasteiger partial charge is 0.462 e. The summed E-state index contributed by atoms with van der Waals surface area (Å²) in [5.74, 6) is -0.330. The number of carbonyl (C=O) groups excluding carboxylic acids is 1. The quantitative estimate of drug-likeness (QED) is 0.540. The van der Waals surface area contributed by atoms with E-state index in [9.17, 15) is 4.79 Å². The third-order valence-electron chi connectivity index (χ3n) is 1.67. The van der Waals surface area contributed by atoms with Crippen molar-refractivity contribution in [2.75, 3.05) is 6.61 Å². The Morgan fingerprint density at radius 2 is 2.07 bits per heavy atom. The summed E-state index contributed by atoms with van der Waals surface area (Å²) in [6.45, 7) is 9.11. The van der Waals surface area contributed by atoms with Gasteiger partial charge in [0, 0.05) is 0 Å². The zero-order valence-corrected chi connectivity index (χ0v) is 7.99. The minimum atomic E-state index is -0.330. The molecule has 14 heavy (non-hydrogen) atoms. The van der Waals surface area contributed by atoms with E-state index in [2.05, 4.69) is 4.85 Å². The molecule has 0 saturated heterocycles. The number of benzene rings is 1. The van der Waals surface area contributed by atoms with Crippen molar-refractivity contribution in [2.24, 2.45) is 0 Å². The van der Waals surface area contributed by atoms with Gasteiger partial charge in [0.2, 0.25) is 0 Å². The summed E-state index contributed by atoms with van der Waals surface area (Å²) in [6.07, 6.45) is 0.811. The van der Waals surface area contributed by atoms with Gasteiger partial charge >= 0.3 is 5.97 Å². The summed E-state index contributed by atoms with van der Waals surface area (Å²) in [7, 11) is 0. The smallest absolute Gasteiger partial charge is 0.338 e. The molecular weight excluding hydrogens is 178 g/mol. The maximum absolute atomic E-state index is 11.3. The van der Waals surface area contributed by atoms with Gasteiger partial charge in [0.1, 0.15) is 0 Å². The fourth-order valence-corrected chi connectivity index (χ4v) is 0.950. The van der Waals surface area contributed by atoms with E-state index in [-0.39, 0.29) is 5.97 Å². The summed E-state index contributed by atoms with van der Waals surface area (Å²) < 4.78 is 4.93. The third-order valence-corrected chi connectivity index (χ3v) is 1.67. The van der Waals surface area contributed by atoms with Crippen molar-refractivity contribution in [3.05, 3.63) is 41.2 Å². The van der Waals surface area contributed by atoms with E-state index < -0.39 is 0 Å². The first kappa shape index (κ1) is 10.3. The molecule has 0 aliphatic rings. The molecule has 0 N–H and O–H groups in total. The van der Waals surface area contributed by atoms with Gasteiger partial charge in [-0.15, -0.1) is 0 Å². The predicted molar refractivity (Wildman–Crippen MR) is 53.3 cm³/mol. The number of ether oxygens (including phenoxy) is 1. The summed E-state index contributed by atoms with van der Waals surface area (Å²) in [6, 6.07) is 6.42. The molecule has 0 bridgehead atoms. The minimum Gasteiger partial charge on any atom is -0.462 e. The molecule has 0 spiro atoms. The minimum absolute atomic E-state index is 0.330. The molecule has 0 heterocycles. The van der Waals surface area contributed by atoms with Crippen molar-refractivity contribution in [3.8, 4) is 0 Å². The lowest BCUT2D eigenvalue weighted by molar-refractivity contribution is 0.0505. The molecule has 0 radical (unpaired) electrons. The Hall–Kier alpha value is -1.82. The molecule has 1 rings (SSSR count). The SMILES string of the molecule is [C-]#[N+]c1ccc(C(=O)OCCC)cc1. The van der Waals surface area contributed by atoms with E-state index in [4.69, 9.17) is 11.3 Å². The molecular formula is C11H11NO2. The molecule has 0 atom stereocenters. The fourth-order valence-electron chi connectivity index (χ4n) is 0.950. The molecule has 0 aliphatic carbocycles. The molecule has 0 aliphatic heterocycles. The maximum atomic E-state index is 11.3. The molecule has 0 amide bonds. The van der Waals surface area contributed by atoms with E-state index in [1.807, 2.05) is 6.92 Å². The molecule has 3 nitrogen and oxygen atoms in total. The number of esters is 1. The van der Waals surface area contributed by atoms with Crippen LogP contribution in [0.1, 0.15) is 23.7 Å². The molecule has 1 aromatic carbocycles. The van der Waals surface area contributed by atoms with Gasteiger partial charge in [-0.1, -0.05) is 31.2 Å². The summed E-state index contributed by atoms with van der Waals surface area (Å²) in [4.78, 5) is 14.5. The number of nitrogens with zero attached hydrogens (tertiary/aromatic N) is 1. The van der Waals surface area contributed by atoms with Crippen LogP contribution in [0.3, 0.4) is 0 Å². The van der Waals surface area contributed by atoms with Crippen molar-refractivity contribution in [1.82, 2.24) is 0 Å². The van der Waals surface area contributed by atoms with E-state index in [0.717, 1.165) is 6.42 Å². The Labute approximate surface area is 83.1 Å². The van der Waals surface area contributed by atoms with Crippen LogP contribution in [0.5, 0.6) is 0 Å². The molecule has 1 aromatic rings. The fraction of sp³-hybridized carbons (Fsp3) is 0.273. The lowest BCUT2D eigenvalue weighted by Crippen LogP contribution is -2.05. The summed E-state index contributed by atoms with van der Waals surface area (Å²) >= 11 is 0. The Balaban J connectivity index is 2.68. The van der Waals surface area contributed by atoms with Crippen LogP contribution in [0.2, 0.25) is 0 Å². The van der Waals surface area contributed by atoms with Crippen LogP contribution in [0.4, 0.5) is 5.69 Å². The molecule has 0 saturated carbocycles. The third kappa shape index (κ3) is 2.60. The number of hydrogen-bond acceptors (Lipinski definition) is 2. The monoisotopic (exact) mass is 189 g/mol. The first-order valence-corrected chi connectivity index (χ1v) is 4.42. The van der Waals surface area contributed by atoms with Crippen molar-refractivity contribution in [3.63, 3.8) is 0 Å². The Morgan fingerprint density at radius 3 is 2.57 bits per heavy atom. The van der Waals surface area contributed by atoms with Crippen LogP contribution in [0, 0.1) is 6.57 Å². The van der Waals surface area contributed by atoms with E-state index >= 15 is 0 Å². The highest BCUT2D eigenvalue weighted by Crippen LogP contribution is 2.13. The molecule has 72 valence electrons. The second-order valence-electron chi connectivity index (χ2n) is 2.79. The van der Waals surface area contributed by atoms with Gasteiger partial charge in [-0.05, 0) is 6.42 Å². The van der Waals surface area contributed by atoms with Crippen molar-refractivity contribution in [2.45, 2.75) is 13.3 Å². The lowest BCUT2D eigenvalue weighted by atomic mass is 10.2. The number of carbonyl (C=O) groups is 1. The Bertz CT molecular complexity index is 349. The number of rotatable bonds is 3. The van der Waals surface area contributed by atoms with E-state index in [0.29, 0.717) is 17.9 Å². The maximum Gasteiger partial charge on any atom is 0.338 e. The van der Waals surface area contributed by atoms with Gasteiger partial charge in [-0.2, -0.15) is 0 Å². The first-order chi connectivity index (χ1) is 6.77. The van der Waals surface area contributed by atoms with Gasteiger partial charge in [-0.25, -0.2) is 9.64 Å². The predicted octanol–water partition coefficient (Wildman–Crippen LogP) is 2.80. The number of hydrogen-bond donors (Lipinski definition) is 0. The van der Waals surface area contributed by atoms with Crippen molar-refractivity contribution >= 4 is 11.7 Å². The van der Waals surface area contributed by atoms with Crippen LogP contribution in [-0.4, -0.2) is 12.6 Å². The van der Waals surface area contributed by atoms with E-state index in [1.54, 1.807) is 24.3 Å². The van der Waals surface area contributed by atoms with Crippen LogP contribution in [0.15, 0.2) is 24.3 Å². The highest BCUT2D eigenvalue weighted by atomic mass is 16.5. The average Bonchev–Trinajstić information content (AvgIpc) is 2.26. The normalized spacial score (nSPS) is 9.14. The second kappa shape index (κ2) is 5.03. The molecule has 3 heteroatoms. The molecule has 0 unspecified atom stereocenters. The Morgan fingerprint density at radius 1 is 1.43 bits per heavy atom. The molecule has 0 aromatic heterocycles. The molecule has 0 fully saturated rings.